The van der Waals surface area contributed by atoms with Crippen LogP contribution in [0, 0.1) is 0 Å². The molecule has 0 radical (unpaired) electrons. The molecule has 1 aromatic heterocycles. The summed E-state index contributed by atoms with van der Waals surface area (Å²) in [5, 5.41) is 8.97. The molecule has 11 heavy (non-hydrogen) atoms. The minimum Gasteiger partial charge on any atom is -0.427 e. The average Bonchev–Trinajstić information content (AvgIpc) is 1.93. The van der Waals surface area contributed by atoms with Gasteiger partial charge in [-0.2, -0.15) is 9.72 Å². The lowest BCUT2D eigenvalue weighted by Crippen LogP contribution is -2.21. The molecule has 5 nitrogen and oxygen atoms in total. The molecule has 2 amide bonds. The zero-order valence-corrected chi connectivity index (χ0v) is 5.64. The molecule has 3 N–H and O–H groups in total. The van der Waals surface area contributed by atoms with Gasteiger partial charge in [-0.3, -0.25) is 0 Å². The van der Waals surface area contributed by atoms with Crippen molar-refractivity contribution in [2.24, 2.45) is 10.7 Å². The lowest BCUT2D eigenvalue weighted by molar-refractivity contribution is 0.171. The van der Waals surface area contributed by atoms with Crippen molar-refractivity contribution >= 4 is 6.03 Å². The topological polar surface area (TPSA) is 80.6 Å². The monoisotopic (exact) mass is 153 g/mol. The highest BCUT2D eigenvalue weighted by Gasteiger charge is 1.88. The number of pyridine rings is 1. The molecule has 0 unspecified atom stereocenters. The van der Waals surface area contributed by atoms with Crippen LogP contribution in [0.2, 0.25) is 0 Å². The number of nitrogens with two attached hydrogens (primary N) is 1. The normalized spacial score (nSPS) is 11.5. The molecule has 0 aromatic carbocycles. The summed E-state index contributed by atoms with van der Waals surface area (Å²) in [7, 11) is 0. The SMILES string of the molecule is NC(=O)/N=c1\ccccn1O. The minimum atomic E-state index is -0.834. The van der Waals surface area contributed by atoms with Gasteiger partial charge in [-0.1, -0.05) is 6.07 Å². The van der Waals surface area contributed by atoms with Crippen LogP contribution in [0.4, 0.5) is 4.79 Å². The van der Waals surface area contributed by atoms with Crippen molar-refractivity contribution in [1.82, 2.24) is 4.73 Å². The Kier molecular flexibility index (Phi) is 1.91. The van der Waals surface area contributed by atoms with Crippen LogP contribution >= 0.6 is 0 Å². The molecule has 58 valence electrons. The Labute approximate surface area is 62.4 Å². The fourth-order valence-electron chi connectivity index (χ4n) is 0.627. The Bertz CT molecular complexity index is 329. The van der Waals surface area contributed by atoms with Crippen LogP contribution < -0.4 is 11.2 Å². The van der Waals surface area contributed by atoms with Gasteiger partial charge in [-0.05, 0) is 12.1 Å². The van der Waals surface area contributed by atoms with Crippen molar-refractivity contribution in [3.63, 3.8) is 0 Å². The molecule has 0 aliphatic rings. The first-order valence-electron chi connectivity index (χ1n) is 2.91. The van der Waals surface area contributed by atoms with E-state index in [1.807, 2.05) is 0 Å². The van der Waals surface area contributed by atoms with E-state index in [4.69, 9.17) is 10.9 Å². The van der Waals surface area contributed by atoms with Crippen molar-refractivity contribution < 1.29 is 10.0 Å². The summed E-state index contributed by atoms with van der Waals surface area (Å²) in [6.07, 6.45) is 1.35. The largest absolute Gasteiger partial charge is 0.427 e. The third-order valence-electron chi connectivity index (χ3n) is 1.04. The zero-order valence-electron chi connectivity index (χ0n) is 5.64. The minimum absolute atomic E-state index is 0.111. The Hall–Kier alpha value is -1.78. The van der Waals surface area contributed by atoms with Crippen LogP contribution in [0.1, 0.15) is 0 Å². The Morgan fingerprint density at radius 2 is 2.36 bits per heavy atom. The molecule has 1 rings (SSSR count). The van der Waals surface area contributed by atoms with Crippen molar-refractivity contribution in [2.45, 2.75) is 0 Å². The van der Waals surface area contributed by atoms with E-state index in [9.17, 15) is 4.79 Å². The summed E-state index contributed by atoms with van der Waals surface area (Å²) in [4.78, 5) is 13.6. The second-order valence-corrected chi connectivity index (χ2v) is 1.85. The number of aromatic nitrogens is 1. The number of carbonyl (C=O) groups is 1. The van der Waals surface area contributed by atoms with Gasteiger partial charge < -0.3 is 10.9 Å². The first-order valence-corrected chi connectivity index (χ1v) is 2.91. The number of primary amides is 1. The van der Waals surface area contributed by atoms with E-state index in [2.05, 4.69) is 4.99 Å². The van der Waals surface area contributed by atoms with E-state index in [-0.39, 0.29) is 5.49 Å². The van der Waals surface area contributed by atoms with E-state index < -0.39 is 6.03 Å². The predicted molar refractivity (Wildman–Crippen MR) is 36.8 cm³/mol. The predicted octanol–water partition coefficient (Wildman–Crippen LogP) is -0.295. The lowest BCUT2D eigenvalue weighted by Gasteiger charge is -1.93. The molecule has 0 atom stereocenters. The quantitative estimate of drug-likeness (QED) is 0.502. The number of urea groups is 1. The number of hydrogen-bond donors (Lipinski definition) is 2. The van der Waals surface area contributed by atoms with E-state index in [1.54, 1.807) is 12.1 Å². The maximum atomic E-state index is 10.3. The van der Waals surface area contributed by atoms with Gasteiger partial charge in [0.1, 0.15) is 0 Å². The Balaban J connectivity index is 3.23. The molecular formula is C6H7N3O2. The van der Waals surface area contributed by atoms with E-state index >= 15 is 0 Å². The van der Waals surface area contributed by atoms with E-state index in [0.29, 0.717) is 4.73 Å². The first kappa shape index (κ1) is 7.33. The standard InChI is InChI=1S/C6H7N3O2/c7-6(10)8-5-3-1-2-4-9(5)11/h1-4,11H,(H2,7,10)/b8-5+. The summed E-state index contributed by atoms with van der Waals surface area (Å²) in [5.41, 5.74) is 4.87. The molecule has 0 bridgehead atoms. The smallest absolute Gasteiger partial charge is 0.340 e. The van der Waals surface area contributed by atoms with Gasteiger partial charge >= 0.3 is 6.03 Å². The summed E-state index contributed by atoms with van der Waals surface area (Å²) in [5.74, 6) is 0. The highest BCUT2D eigenvalue weighted by Crippen LogP contribution is 1.75. The molecule has 0 saturated carbocycles. The molecule has 0 fully saturated rings. The van der Waals surface area contributed by atoms with Crippen LogP contribution in [0.5, 0.6) is 0 Å². The van der Waals surface area contributed by atoms with Gasteiger partial charge in [0.2, 0.25) is 0 Å². The molecule has 0 spiro atoms. The molecule has 0 aliphatic carbocycles. The van der Waals surface area contributed by atoms with Crippen LogP contribution in [0.15, 0.2) is 29.4 Å². The van der Waals surface area contributed by atoms with Gasteiger partial charge in [0.15, 0.2) is 5.49 Å². The number of carbonyl (C=O) groups excluding carboxylic acids is 1. The Morgan fingerprint density at radius 3 is 2.91 bits per heavy atom. The summed E-state index contributed by atoms with van der Waals surface area (Å²) in [6.45, 7) is 0. The summed E-state index contributed by atoms with van der Waals surface area (Å²) < 4.78 is 0.713. The highest BCUT2D eigenvalue weighted by molar-refractivity contribution is 5.72. The van der Waals surface area contributed by atoms with Crippen LogP contribution in [0.25, 0.3) is 0 Å². The van der Waals surface area contributed by atoms with E-state index in [0.717, 1.165) is 0 Å². The second-order valence-electron chi connectivity index (χ2n) is 1.85. The lowest BCUT2D eigenvalue weighted by atomic mass is 10.5. The number of rotatable bonds is 0. The fourth-order valence-corrected chi connectivity index (χ4v) is 0.627. The maximum absolute atomic E-state index is 10.3. The third-order valence-corrected chi connectivity index (χ3v) is 1.04. The van der Waals surface area contributed by atoms with Crippen molar-refractivity contribution in [3.8, 4) is 0 Å². The molecule has 0 saturated heterocycles. The van der Waals surface area contributed by atoms with Gasteiger partial charge in [0.25, 0.3) is 0 Å². The van der Waals surface area contributed by atoms with E-state index in [1.165, 1.54) is 12.3 Å². The number of nitrogens with zero attached hydrogens (tertiary/aromatic N) is 2. The van der Waals surface area contributed by atoms with Crippen molar-refractivity contribution in [2.75, 3.05) is 0 Å². The summed E-state index contributed by atoms with van der Waals surface area (Å²) >= 11 is 0. The van der Waals surface area contributed by atoms with Crippen molar-refractivity contribution in [1.29, 1.82) is 0 Å². The molecular weight excluding hydrogens is 146 g/mol. The van der Waals surface area contributed by atoms with Gasteiger partial charge in [-0.25, -0.2) is 4.79 Å². The summed E-state index contributed by atoms with van der Waals surface area (Å²) in [6, 6.07) is 3.86. The number of amides is 2. The van der Waals surface area contributed by atoms with Crippen LogP contribution in [0.3, 0.4) is 0 Å². The van der Waals surface area contributed by atoms with Crippen LogP contribution in [-0.4, -0.2) is 16.0 Å². The zero-order chi connectivity index (χ0) is 8.27. The Morgan fingerprint density at radius 1 is 1.64 bits per heavy atom. The van der Waals surface area contributed by atoms with Gasteiger partial charge in [0, 0.05) is 6.20 Å². The maximum Gasteiger partial charge on any atom is 0.340 e. The average molecular weight is 153 g/mol. The fraction of sp³-hybridized carbons (Fsp3) is 0. The molecule has 0 aliphatic heterocycles. The second kappa shape index (κ2) is 2.87. The first-order chi connectivity index (χ1) is 5.20. The number of hydrogen-bond acceptors (Lipinski definition) is 2. The third kappa shape index (κ3) is 1.82. The van der Waals surface area contributed by atoms with Crippen molar-refractivity contribution in [3.05, 3.63) is 29.9 Å². The molecule has 1 heterocycles. The highest BCUT2D eigenvalue weighted by atomic mass is 16.5. The van der Waals surface area contributed by atoms with Gasteiger partial charge in [0.05, 0.1) is 0 Å². The van der Waals surface area contributed by atoms with Gasteiger partial charge in [-0.15, -0.1) is 0 Å². The molecule has 1 aromatic rings. The molecule has 5 heteroatoms. The van der Waals surface area contributed by atoms with Crippen LogP contribution in [-0.2, 0) is 0 Å².